The van der Waals surface area contributed by atoms with Crippen LogP contribution < -0.4 is 0 Å². The topological polar surface area (TPSA) is 3.24 Å². The largest absolute Gasteiger partial charge is 0.303 e. The second-order valence-corrected chi connectivity index (χ2v) is 4.29. The summed E-state index contributed by atoms with van der Waals surface area (Å²) in [4.78, 5) is 2.52. The molecular formula is C12H27N. The van der Waals surface area contributed by atoms with Crippen molar-refractivity contribution < 1.29 is 0 Å². The molecule has 1 heteroatoms. The van der Waals surface area contributed by atoms with E-state index in [4.69, 9.17) is 0 Å². The van der Waals surface area contributed by atoms with Crippen molar-refractivity contribution in [2.45, 2.75) is 53.5 Å². The highest BCUT2D eigenvalue weighted by molar-refractivity contribution is 4.81. The van der Waals surface area contributed by atoms with Crippen LogP contribution in [0.15, 0.2) is 0 Å². The van der Waals surface area contributed by atoms with Gasteiger partial charge in [0.1, 0.15) is 0 Å². The van der Waals surface area contributed by atoms with Crippen molar-refractivity contribution in [1.29, 1.82) is 0 Å². The molecule has 1 nitrogen and oxygen atoms in total. The van der Waals surface area contributed by atoms with Crippen molar-refractivity contribution in [3.63, 3.8) is 0 Å². The van der Waals surface area contributed by atoms with Crippen LogP contribution in [-0.2, 0) is 0 Å². The maximum Gasteiger partial charge on any atom is 0.0121 e. The first kappa shape index (κ1) is 13.0. The number of hydrogen-bond donors (Lipinski definition) is 0. The van der Waals surface area contributed by atoms with Crippen molar-refractivity contribution >= 4 is 0 Å². The fourth-order valence-corrected chi connectivity index (χ4v) is 2.04. The third kappa shape index (κ3) is 3.68. The number of hydrogen-bond acceptors (Lipinski definition) is 1. The zero-order valence-corrected chi connectivity index (χ0v) is 10.3. The summed E-state index contributed by atoms with van der Waals surface area (Å²) in [6.45, 7) is 12.4. The highest BCUT2D eigenvalue weighted by atomic mass is 15.1. The summed E-state index contributed by atoms with van der Waals surface area (Å²) in [6, 6.07) is 0.856. The molecule has 0 unspecified atom stereocenters. The summed E-state index contributed by atoms with van der Waals surface area (Å²) < 4.78 is 0. The Kier molecular flexibility index (Phi) is 6.40. The molecule has 0 saturated carbocycles. The van der Waals surface area contributed by atoms with Crippen LogP contribution in [0, 0.1) is 11.8 Å². The molecule has 1 aliphatic heterocycles. The van der Waals surface area contributed by atoms with E-state index in [1.54, 1.807) is 0 Å². The minimum atomic E-state index is 0.834. The quantitative estimate of drug-likeness (QED) is 0.637. The summed E-state index contributed by atoms with van der Waals surface area (Å²) in [5.41, 5.74) is 0. The van der Waals surface area contributed by atoms with Gasteiger partial charge in [0.25, 0.3) is 0 Å². The Hall–Kier alpha value is -0.0400. The van der Waals surface area contributed by atoms with Crippen molar-refractivity contribution in [3.05, 3.63) is 0 Å². The normalized spacial score (nSPS) is 25.6. The fraction of sp³-hybridized carbons (Fsp3) is 1.00. The highest BCUT2D eigenvalue weighted by Crippen LogP contribution is 2.26. The first-order valence-corrected chi connectivity index (χ1v) is 5.83. The molecule has 0 aromatic carbocycles. The minimum absolute atomic E-state index is 0.834. The van der Waals surface area contributed by atoms with Gasteiger partial charge in [0.2, 0.25) is 0 Å². The van der Waals surface area contributed by atoms with Crippen LogP contribution in [0.25, 0.3) is 0 Å². The zero-order valence-electron chi connectivity index (χ0n) is 10.3. The van der Waals surface area contributed by atoms with Crippen LogP contribution in [-0.4, -0.2) is 24.5 Å². The molecule has 13 heavy (non-hydrogen) atoms. The van der Waals surface area contributed by atoms with Gasteiger partial charge >= 0.3 is 0 Å². The maximum absolute atomic E-state index is 2.52. The Morgan fingerprint density at radius 1 is 1.15 bits per heavy atom. The molecule has 1 rings (SSSR count). The smallest absolute Gasteiger partial charge is 0.0121 e. The standard InChI is InChI=1S/C10H21N.C2H6/c1-8(2)9(3)10-6-5-7-11(10)4;1-2/h8-10H,5-7H2,1-4H3;1-2H3/t9-,10+;/m0./s1. The van der Waals surface area contributed by atoms with E-state index < -0.39 is 0 Å². The average Bonchev–Trinajstić information content (AvgIpc) is 2.53. The molecule has 0 amide bonds. The second-order valence-electron chi connectivity index (χ2n) is 4.29. The van der Waals surface area contributed by atoms with E-state index >= 15 is 0 Å². The lowest BCUT2D eigenvalue weighted by Gasteiger charge is -2.28. The van der Waals surface area contributed by atoms with Gasteiger partial charge in [-0.3, -0.25) is 0 Å². The number of rotatable bonds is 2. The molecule has 0 aromatic rings. The lowest BCUT2D eigenvalue weighted by molar-refractivity contribution is 0.199. The molecule has 1 fully saturated rings. The van der Waals surface area contributed by atoms with Gasteiger partial charge in [-0.25, -0.2) is 0 Å². The van der Waals surface area contributed by atoms with Crippen LogP contribution in [0.4, 0.5) is 0 Å². The number of likely N-dealkylation sites (tertiary alicyclic amines) is 1. The van der Waals surface area contributed by atoms with Crippen LogP contribution in [0.5, 0.6) is 0 Å². The Morgan fingerprint density at radius 2 is 1.69 bits per heavy atom. The van der Waals surface area contributed by atoms with Crippen molar-refractivity contribution in [2.75, 3.05) is 13.6 Å². The molecule has 1 saturated heterocycles. The van der Waals surface area contributed by atoms with Crippen molar-refractivity contribution in [3.8, 4) is 0 Å². The fourth-order valence-electron chi connectivity index (χ4n) is 2.04. The van der Waals surface area contributed by atoms with Gasteiger partial charge < -0.3 is 4.90 Å². The predicted octanol–water partition coefficient (Wildman–Crippen LogP) is 3.40. The van der Waals surface area contributed by atoms with Gasteiger partial charge in [-0.2, -0.15) is 0 Å². The lowest BCUT2D eigenvalue weighted by atomic mass is 9.89. The molecule has 0 radical (unpaired) electrons. The SMILES string of the molecule is CC.CC(C)[C@H](C)[C@H]1CCCN1C. The summed E-state index contributed by atoms with van der Waals surface area (Å²) in [7, 11) is 2.26. The van der Waals surface area contributed by atoms with E-state index in [2.05, 4.69) is 32.7 Å². The average molecular weight is 185 g/mol. The molecular weight excluding hydrogens is 158 g/mol. The first-order chi connectivity index (χ1) is 6.13. The molecule has 80 valence electrons. The van der Waals surface area contributed by atoms with E-state index in [9.17, 15) is 0 Å². The third-order valence-corrected chi connectivity index (χ3v) is 3.24. The summed E-state index contributed by atoms with van der Waals surface area (Å²) in [5, 5.41) is 0. The minimum Gasteiger partial charge on any atom is -0.303 e. The van der Waals surface area contributed by atoms with Gasteiger partial charge in [0.05, 0.1) is 0 Å². The van der Waals surface area contributed by atoms with Gasteiger partial charge in [0, 0.05) is 6.04 Å². The molecule has 0 aliphatic carbocycles. The van der Waals surface area contributed by atoms with E-state index in [1.165, 1.54) is 19.4 Å². The van der Waals surface area contributed by atoms with Crippen LogP contribution in [0.1, 0.15) is 47.5 Å². The van der Waals surface area contributed by atoms with Gasteiger partial charge in [-0.05, 0) is 38.3 Å². The van der Waals surface area contributed by atoms with E-state index in [0.29, 0.717) is 0 Å². The zero-order chi connectivity index (χ0) is 10.4. The maximum atomic E-state index is 2.52. The molecule has 2 atom stereocenters. The van der Waals surface area contributed by atoms with Crippen LogP contribution in [0.3, 0.4) is 0 Å². The Labute approximate surface area is 84.5 Å². The van der Waals surface area contributed by atoms with Crippen molar-refractivity contribution in [1.82, 2.24) is 4.90 Å². The highest BCUT2D eigenvalue weighted by Gasteiger charge is 2.27. The Bertz CT molecular complexity index is 120. The van der Waals surface area contributed by atoms with E-state index in [0.717, 1.165) is 17.9 Å². The van der Waals surface area contributed by atoms with Gasteiger partial charge in [-0.1, -0.05) is 34.6 Å². The monoisotopic (exact) mass is 185 g/mol. The van der Waals surface area contributed by atoms with E-state index in [1.807, 2.05) is 13.8 Å². The molecule has 0 aromatic heterocycles. The lowest BCUT2D eigenvalue weighted by Crippen LogP contribution is -2.33. The molecule has 0 N–H and O–H groups in total. The summed E-state index contributed by atoms with van der Waals surface area (Å²) in [6.07, 6.45) is 2.81. The Morgan fingerprint density at radius 3 is 2.00 bits per heavy atom. The first-order valence-electron chi connectivity index (χ1n) is 5.83. The predicted molar refractivity (Wildman–Crippen MR) is 61.0 cm³/mol. The van der Waals surface area contributed by atoms with Gasteiger partial charge in [0.15, 0.2) is 0 Å². The third-order valence-electron chi connectivity index (χ3n) is 3.24. The summed E-state index contributed by atoms with van der Waals surface area (Å²) >= 11 is 0. The van der Waals surface area contributed by atoms with E-state index in [-0.39, 0.29) is 0 Å². The molecule has 1 aliphatic rings. The molecule has 1 heterocycles. The summed E-state index contributed by atoms with van der Waals surface area (Å²) in [5.74, 6) is 1.70. The van der Waals surface area contributed by atoms with Crippen LogP contribution in [0.2, 0.25) is 0 Å². The van der Waals surface area contributed by atoms with Crippen molar-refractivity contribution in [2.24, 2.45) is 11.8 Å². The van der Waals surface area contributed by atoms with Gasteiger partial charge in [-0.15, -0.1) is 0 Å². The molecule has 0 spiro atoms. The number of nitrogens with zero attached hydrogens (tertiary/aromatic N) is 1. The van der Waals surface area contributed by atoms with Crippen LogP contribution >= 0.6 is 0 Å². The second kappa shape index (κ2) is 6.42. The molecule has 0 bridgehead atoms. The Balaban J connectivity index is 0.000000671.